The zero-order valence-electron chi connectivity index (χ0n) is 13.9. The van der Waals surface area contributed by atoms with E-state index >= 15 is 0 Å². The molecule has 23 heavy (non-hydrogen) atoms. The molecule has 122 valence electrons. The third kappa shape index (κ3) is 5.66. The van der Waals surface area contributed by atoms with Gasteiger partial charge >= 0.3 is 0 Å². The number of nitrogens with one attached hydrogen (secondary N) is 2. The fourth-order valence-corrected chi connectivity index (χ4v) is 2.25. The Morgan fingerprint density at radius 2 is 1.78 bits per heavy atom. The molecule has 0 saturated heterocycles. The highest BCUT2D eigenvalue weighted by Gasteiger charge is 2.11. The van der Waals surface area contributed by atoms with Crippen molar-refractivity contribution in [2.45, 2.75) is 26.8 Å². The standard InChI is InChI=1S/C19H24N2O2/c1-14-6-4-8-17(12-14)21-16(3)19(22)20-10-11-23-18-9-5-7-15(2)13-18/h4-9,12-13,16,21H,10-11H2,1-3H3,(H,20,22). The van der Waals surface area contributed by atoms with Crippen molar-refractivity contribution in [2.24, 2.45) is 0 Å². The number of anilines is 1. The molecule has 0 saturated carbocycles. The molecule has 2 rings (SSSR count). The van der Waals surface area contributed by atoms with Gasteiger partial charge in [0.05, 0.1) is 6.54 Å². The van der Waals surface area contributed by atoms with Crippen molar-refractivity contribution in [1.29, 1.82) is 0 Å². The Bertz CT molecular complexity index is 655. The van der Waals surface area contributed by atoms with Gasteiger partial charge in [0.25, 0.3) is 0 Å². The Kier molecular flexibility index (Phi) is 6.03. The van der Waals surface area contributed by atoms with E-state index in [1.54, 1.807) is 0 Å². The molecule has 1 atom stereocenters. The molecule has 0 aromatic heterocycles. The minimum Gasteiger partial charge on any atom is -0.492 e. The first-order valence-corrected chi connectivity index (χ1v) is 7.85. The SMILES string of the molecule is Cc1cccc(NC(C)C(=O)NCCOc2cccc(C)c2)c1. The summed E-state index contributed by atoms with van der Waals surface area (Å²) in [4.78, 5) is 12.1. The van der Waals surface area contributed by atoms with Gasteiger partial charge in [-0.1, -0.05) is 24.3 Å². The van der Waals surface area contributed by atoms with Crippen LogP contribution in [-0.2, 0) is 4.79 Å². The monoisotopic (exact) mass is 312 g/mol. The highest BCUT2D eigenvalue weighted by atomic mass is 16.5. The van der Waals surface area contributed by atoms with Crippen molar-refractivity contribution < 1.29 is 9.53 Å². The van der Waals surface area contributed by atoms with Crippen LogP contribution in [0.2, 0.25) is 0 Å². The minimum absolute atomic E-state index is 0.0423. The molecular weight excluding hydrogens is 288 g/mol. The van der Waals surface area contributed by atoms with E-state index in [1.165, 1.54) is 0 Å². The molecule has 0 aliphatic rings. The van der Waals surface area contributed by atoms with E-state index in [0.29, 0.717) is 13.2 Å². The zero-order chi connectivity index (χ0) is 16.7. The Balaban J connectivity index is 1.71. The van der Waals surface area contributed by atoms with Crippen LogP contribution in [0, 0.1) is 13.8 Å². The maximum Gasteiger partial charge on any atom is 0.242 e. The van der Waals surface area contributed by atoms with E-state index in [2.05, 4.69) is 10.6 Å². The van der Waals surface area contributed by atoms with Crippen LogP contribution in [0.25, 0.3) is 0 Å². The maximum atomic E-state index is 12.1. The number of amides is 1. The predicted octanol–water partition coefficient (Wildman–Crippen LogP) is 3.30. The van der Waals surface area contributed by atoms with Gasteiger partial charge in [0, 0.05) is 5.69 Å². The predicted molar refractivity (Wildman–Crippen MR) is 93.9 cm³/mol. The molecule has 0 heterocycles. The summed E-state index contributed by atoms with van der Waals surface area (Å²) in [5.74, 6) is 0.782. The first-order valence-electron chi connectivity index (χ1n) is 7.85. The Labute approximate surface area is 137 Å². The number of rotatable bonds is 7. The van der Waals surface area contributed by atoms with Gasteiger partial charge in [0.1, 0.15) is 18.4 Å². The number of carbonyl (C=O) groups is 1. The molecule has 0 fully saturated rings. The molecule has 0 radical (unpaired) electrons. The molecular formula is C19H24N2O2. The third-order valence-electron chi connectivity index (χ3n) is 3.45. The lowest BCUT2D eigenvalue weighted by molar-refractivity contribution is -0.121. The number of benzene rings is 2. The lowest BCUT2D eigenvalue weighted by Gasteiger charge is -2.16. The summed E-state index contributed by atoms with van der Waals surface area (Å²) in [5, 5.41) is 6.07. The summed E-state index contributed by atoms with van der Waals surface area (Å²) in [5.41, 5.74) is 3.26. The van der Waals surface area contributed by atoms with E-state index in [-0.39, 0.29) is 11.9 Å². The van der Waals surface area contributed by atoms with E-state index < -0.39 is 0 Å². The minimum atomic E-state index is -0.296. The average Bonchev–Trinajstić information content (AvgIpc) is 2.51. The fraction of sp³-hybridized carbons (Fsp3) is 0.316. The first-order chi connectivity index (χ1) is 11.0. The van der Waals surface area contributed by atoms with E-state index in [1.807, 2.05) is 69.3 Å². The lowest BCUT2D eigenvalue weighted by atomic mass is 10.2. The number of aryl methyl sites for hydroxylation is 2. The Hall–Kier alpha value is -2.49. The Morgan fingerprint density at radius 1 is 1.09 bits per heavy atom. The summed E-state index contributed by atoms with van der Waals surface area (Å²) in [6.07, 6.45) is 0. The van der Waals surface area contributed by atoms with Crippen molar-refractivity contribution in [3.63, 3.8) is 0 Å². The lowest BCUT2D eigenvalue weighted by Crippen LogP contribution is -2.39. The maximum absolute atomic E-state index is 12.1. The van der Waals surface area contributed by atoms with Crippen LogP contribution in [-0.4, -0.2) is 25.1 Å². The van der Waals surface area contributed by atoms with Crippen LogP contribution < -0.4 is 15.4 Å². The van der Waals surface area contributed by atoms with E-state index in [4.69, 9.17) is 4.74 Å². The van der Waals surface area contributed by atoms with Gasteiger partial charge in [0.2, 0.25) is 5.91 Å². The van der Waals surface area contributed by atoms with Crippen molar-refractivity contribution in [2.75, 3.05) is 18.5 Å². The van der Waals surface area contributed by atoms with Gasteiger partial charge in [-0.3, -0.25) is 4.79 Å². The van der Waals surface area contributed by atoms with Crippen molar-refractivity contribution >= 4 is 11.6 Å². The number of hydrogen-bond acceptors (Lipinski definition) is 3. The third-order valence-corrected chi connectivity index (χ3v) is 3.45. The second-order valence-corrected chi connectivity index (χ2v) is 5.69. The van der Waals surface area contributed by atoms with Crippen molar-refractivity contribution in [3.05, 3.63) is 59.7 Å². The van der Waals surface area contributed by atoms with Gasteiger partial charge in [0.15, 0.2) is 0 Å². The highest BCUT2D eigenvalue weighted by molar-refractivity contribution is 5.84. The number of hydrogen-bond donors (Lipinski definition) is 2. The summed E-state index contributed by atoms with van der Waals surface area (Å²) >= 11 is 0. The molecule has 4 heteroatoms. The normalized spacial score (nSPS) is 11.6. The first kappa shape index (κ1) is 16.9. The molecule has 0 aliphatic heterocycles. The van der Waals surface area contributed by atoms with Gasteiger partial charge in [-0.2, -0.15) is 0 Å². The zero-order valence-corrected chi connectivity index (χ0v) is 13.9. The summed E-state index contributed by atoms with van der Waals surface area (Å²) in [7, 11) is 0. The fourth-order valence-electron chi connectivity index (χ4n) is 2.25. The topological polar surface area (TPSA) is 50.4 Å². The molecule has 2 N–H and O–H groups in total. The summed E-state index contributed by atoms with van der Waals surface area (Å²) < 4.78 is 5.62. The number of carbonyl (C=O) groups excluding carboxylic acids is 1. The molecule has 2 aromatic carbocycles. The molecule has 0 spiro atoms. The van der Waals surface area contributed by atoms with Crippen LogP contribution in [0.15, 0.2) is 48.5 Å². The number of ether oxygens (including phenoxy) is 1. The summed E-state index contributed by atoms with van der Waals surface area (Å²) in [6, 6.07) is 15.5. The molecule has 0 aliphatic carbocycles. The van der Waals surface area contributed by atoms with Crippen LogP contribution in [0.5, 0.6) is 5.75 Å². The van der Waals surface area contributed by atoms with Gasteiger partial charge in [-0.15, -0.1) is 0 Å². The average molecular weight is 312 g/mol. The van der Waals surface area contributed by atoms with E-state index in [9.17, 15) is 4.79 Å². The van der Waals surface area contributed by atoms with Crippen LogP contribution in [0.3, 0.4) is 0 Å². The van der Waals surface area contributed by atoms with E-state index in [0.717, 1.165) is 22.6 Å². The molecule has 1 amide bonds. The van der Waals surface area contributed by atoms with Crippen LogP contribution in [0.1, 0.15) is 18.1 Å². The van der Waals surface area contributed by atoms with Crippen LogP contribution in [0.4, 0.5) is 5.69 Å². The highest BCUT2D eigenvalue weighted by Crippen LogP contribution is 2.12. The Morgan fingerprint density at radius 3 is 2.48 bits per heavy atom. The van der Waals surface area contributed by atoms with Crippen LogP contribution >= 0.6 is 0 Å². The van der Waals surface area contributed by atoms with Gasteiger partial charge in [-0.05, 0) is 56.2 Å². The quantitative estimate of drug-likeness (QED) is 0.771. The molecule has 0 bridgehead atoms. The van der Waals surface area contributed by atoms with Gasteiger partial charge in [-0.25, -0.2) is 0 Å². The molecule has 1 unspecified atom stereocenters. The molecule has 4 nitrogen and oxygen atoms in total. The second-order valence-electron chi connectivity index (χ2n) is 5.69. The molecule has 2 aromatic rings. The van der Waals surface area contributed by atoms with Crippen molar-refractivity contribution in [1.82, 2.24) is 5.32 Å². The summed E-state index contributed by atoms with van der Waals surface area (Å²) in [6.45, 7) is 6.82. The smallest absolute Gasteiger partial charge is 0.242 e. The largest absolute Gasteiger partial charge is 0.492 e. The van der Waals surface area contributed by atoms with Gasteiger partial charge < -0.3 is 15.4 Å². The van der Waals surface area contributed by atoms with Crippen molar-refractivity contribution in [3.8, 4) is 5.75 Å². The second kappa shape index (κ2) is 8.22.